The second-order valence-electron chi connectivity index (χ2n) is 6.93. The summed E-state index contributed by atoms with van der Waals surface area (Å²) >= 11 is 0. The molecule has 3 atom stereocenters. The van der Waals surface area contributed by atoms with E-state index in [0.717, 1.165) is 7.11 Å². The molecule has 0 saturated carbocycles. The number of nitrogens with one attached hydrogen (secondary N) is 1. The van der Waals surface area contributed by atoms with Crippen molar-refractivity contribution in [3.05, 3.63) is 11.3 Å². The van der Waals surface area contributed by atoms with Crippen LogP contribution in [0, 0.1) is 17.8 Å². The van der Waals surface area contributed by atoms with Crippen molar-refractivity contribution in [3.63, 3.8) is 0 Å². The van der Waals surface area contributed by atoms with Gasteiger partial charge in [-0.25, -0.2) is 4.79 Å². The van der Waals surface area contributed by atoms with Crippen molar-refractivity contribution in [2.45, 2.75) is 40.7 Å². The summed E-state index contributed by atoms with van der Waals surface area (Å²) < 4.78 is 14.6. The second kappa shape index (κ2) is 10.0. The highest BCUT2D eigenvalue weighted by Gasteiger charge is 2.46. The molecule has 0 aromatic carbocycles. The van der Waals surface area contributed by atoms with Crippen LogP contribution in [0.2, 0.25) is 0 Å². The van der Waals surface area contributed by atoms with Crippen molar-refractivity contribution >= 4 is 29.5 Å². The predicted molar refractivity (Wildman–Crippen MR) is 100 cm³/mol. The van der Waals surface area contributed by atoms with Crippen molar-refractivity contribution in [3.8, 4) is 0 Å². The molecule has 0 spiro atoms. The third-order valence-electron chi connectivity index (χ3n) is 4.68. The van der Waals surface area contributed by atoms with Gasteiger partial charge in [0.1, 0.15) is 11.8 Å². The number of methoxy groups -OCH3 is 2. The van der Waals surface area contributed by atoms with E-state index in [1.54, 1.807) is 6.92 Å². The fraction of sp³-hybridized carbons (Fsp3) is 0.632. The first kappa shape index (κ1) is 23.3. The summed E-state index contributed by atoms with van der Waals surface area (Å²) in [6.45, 7) is 8.26. The van der Waals surface area contributed by atoms with Crippen LogP contribution < -0.4 is 5.32 Å². The minimum absolute atomic E-state index is 0.0931. The van der Waals surface area contributed by atoms with E-state index in [0.29, 0.717) is 5.71 Å². The zero-order valence-corrected chi connectivity index (χ0v) is 17.3. The van der Waals surface area contributed by atoms with E-state index in [9.17, 15) is 19.2 Å². The Balaban J connectivity index is 3.10. The third-order valence-corrected chi connectivity index (χ3v) is 4.68. The molecule has 1 rings (SSSR count). The quantitative estimate of drug-likeness (QED) is 0.504. The normalized spacial score (nSPS) is 20.2. The van der Waals surface area contributed by atoms with Gasteiger partial charge < -0.3 is 19.5 Å². The predicted octanol–water partition coefficient (Wildman–Crippen LogP) is 1.02. The zero-order valence-electron chi connectivity index (χ0n) is 17.3. The topological polar surface area (TPSA) is 120 Å². The molecule has 1 unspecified atom stereocenters. The summed E-state index contributed by atoms with van der Waals surface area (Å²) in [5.74, 6) is -5.18. The maximum absolute atomic E-state index is 12.8. The van der Waals surface area contributed by atoms with Crippen molar-refractivity contribution in [1.29, 1.82) is 0 Å². The summed E-state index contributed by atoms with van der Waals surface area (Å²) in [6, 6.07) is -0.106. The highest BCUT2D eigenvalue weighted by molar-refractivity contribution is 6.10. The average Bonchev–Trinajstić information content (AvgIpc) is 2.64. The van der Waals surface area contributed by atoms with E-state index < -0.39 is 42.3 Å². The first-order valence-corrected chi connectivity index (χ1v) is 8.93. The smallest absolute Gasteiger partial charge is 0.336 e. The molecule has 0 radical (unpaired) electrons. The summed E-state index contributed by atoms with van der Waals surface area (Å²) in [5, 5.41) is 2.71. The fourth-order valence-corrected chi connectivity index (χ4v) is 2.79. The van der Waals surface area contributed by atoms with Gasteiger partial charge in [0.25, 0.3) is 5.91 Å². The molecular formula is C19H28N2O7. The minimum atomic E-state index is -1.31. The molecule has 0 aromatic rings. The molecule has 0 saturated heterocycles. The van der Waals surface area contributed by atoms with Gasteiger partial charge in [0.2, 0.25) is 0 Å². The highest BCUT2D eigenvalue weighted by atomic mass is 16.5. The maximum Gasteiger partial charge on any atom is 0.336 e. The molecule has 1 N–H and O–H groups in total. The number of ether oxygens (including phenoxy) is 3. The Hall–Kier alpha value is -2.71. The van der Waals surface area contributed by atoms with E-state index in [1.807, 2.05) is 20.8 Å². The van der Waals surface area contributed by atoms with Crippen molar-refractivity contribution in [2.24, 2.45) is 22.7 Å². The molecule has 1 aliphatic heterocycles. The number of esters is 3. The summed E-state index contributed by atoms with van der Waals surface area (Å²) in [4.78, 5) is 53.4. The number of carbonyl (C=O) groups excluding carboxylic acids is 4. The van der Waals surface area contributed by atoms with Gasteiger partial charge in [0, 0.05) is 17.5 Å². The molecule has 9 heteroatoms. The van der Waals surface area contributed by atoms with Crippen molar-refractivity contribution < 1.29 is 33.4 Å². The molecule has 1 heterocycles. The number of nitrogens with zero attached hydrogens (tertiary/aromatic N) is 1. The van der Waals surface area contributed by atoms with Gasteiger partial charge >= 0.3 is 17.9 Å². The average molecular weight is 396 g/mol. The molecule has 1 amide bonds. The van der Waals surface area contributed by atoms with Crippen LogP contribution in [-0.4, -0.2) is 56.4 Å². The van der Waals surface area contributed by atoms with Crippen LogP contribution in [0.5, 0.6) is 0 Å². The Kier molecular flexibility index (Phi) is 8.34. The van der Waals surface area contributed by atoms with E-state index in [4.69, 9.17) is 14.2 Å². The summed E-state index contributed by atoms with van der Waals surface area (Å²) in [6.07, 6.45) is 0. The number of allylic oxidation sites excluding steroid dienone is 1. The Morgan fingerprint density at radius 1 is 1.00 bits per heavy atom. The number of aliphatic imine (C=N–C) groups is 1. The molecule has 156 valence electrons. The van der Waals surface area contributed by atoms with Crippen molar-refractivity contribution in [1.82, 2.24) is 5.32 Å². The monoisotopic (exact) mass is 396 g/mol. The summed E-state index contributed by atoms with van der Waals surface area (Å²) in [7, 11) is 2.33. The number of hydrogen-bond acceptors (Lipinski definition) is 8. The first-order valence-electron chi connectivity index (χ1n) is 8.93. The van der Waals surface area contributed by atoms with E-state index in [2.05, 4.69) is 10.3 Å². The zero-order chi connectivity index (χ0) is 21.6. The van der Waals surface area contributed by atoms with Gasteiger partial charge in [0.15, 0.2) is 6.61 Å². The molecule has 1 aliphatic rings. The number of amides is 1. The van der Waals surface area contributed by atoms with Crippen LogP contribution in [0.4, 0.5) is 0 Å². The SMILES string of the molecule is COC(=O)C1=C(C)N=C(C)C(C(=O)OC)[C@@H]1C(=O)OCC(=O)N[C@@H](C)C(C)C. The molecule has 0 aromatic heterocycles. The Morgan fingerprint density at radius 2 is 1.61 bits per heavy atom. The second-order valence-corrected chi connectivity index (χ2v) is 6.93. The fourth-order valence-electron chi connectivity index (χ4n) is 2.79. The Morgan fingerprint density at radius 3 is 2.11 bits per heavy atom. The van der Waals surface area contributed by atoms with E-state index in [1.165, 1.54) is 14.0 Å². The molecular weight excluding hydrogens is 368 g/mol. The van der Waals surface area contributed by atoms with Gasteiger partial charge in [-0.2, -0.15) is 0 Å². The van der Waals surface area contributed by atoms with Gasteiger partial charge in [-0.1, -0.05) is 13.8 Å². The number of carbonyl (C=O) groups is 4. The van der Waals surface area contributed by atoms with Gasteiger partial charge in [-0.05, 0) is 26.7 Å². The molecule has 9 nitrogen and oxygen atoms in total. The lowest BCUT2D eigenvalue weighted by molar-refractivity contribution is -0.158. The molecule has 0 fully saturated rings. The Labute approximate surface area is 164 Å². The number of hydrogen-bond donors (Lipinski definition) is 1. The van der Waals surface area contributed by atoms with Crippen LogP contribution in [0.1, 0.15) is 34.6 Å². The summed E-state index contributed by atoms with van der Waals surface area (Å²) in [5.41, 5.74) is 0.450. The minimum Gasteiger partial charge on any atom is -0.468 e. The third kappa shape index (κ3) is 5.40. The molecule has 0 aliphatic carbocycles. The number of rotatable bonds is 7. The van der Waals surface area contributed by atoms with Crippen molar-refractivity contribution in [2.75, 3.05) is 20.8 Å². The van der Waals surface area contributed by atoms with E-state index >= 15 is 0 Å². The van der Waals surface area contributed by atoms with Crippen LogP contribution in [0.25, 0.3) is 0 Å². The maximum atomic E-state index is 12.8. The van der Waals surface area contributed by atoms with Gasteiger partial charge in [-0.15, -0.1) is 0 Å². The lowest BCUT2D eigenvalue weighted by Gasteiger charge is -2.29. The lowest BCUT2D eigenvalue weighted by Crippen LogP contribution is -2.44. The standard InChI is InChI=1S/C19H28N2O7/c1-9(2)10(3)21-13(22)8-28-19(25)16-14(17(23)26-6)11(4)20-12(5)15(16)18(24)27-7/h9-10,14,16H,8H2,1-7H3,(H,21,22)/t10-,14?,16-/m0/s1. The van der Waals surface area contributed by atoms with Crippen LogP contribution in [0.3, 0.4) is 0 Å². The molecule has 28 heavy (non-hydrogen) atoms. The van der Waals surface area contributed by atoms with Crippen LogP contribution in [-0.2, 0) is 33.4 Å². The lowest BCUT2D eigenvalue weighted by atomic mass is 9.80. The molecule has 0 bridgehead atoms. The van der Waals surface area contributed by atoms with Crippen LogP contribution in [0.15, 0.2) is 16.3 Å². The van der Waals surface area contributed by atoms with Gasteiger partial charge in [-0.3, -0.25) is 19.4 Å². The largest absolute Gasteiger partial charge is 0.468 e. The van der Waals surface area contributed by atoms with Gasteiger partial charge in [0.05, 0.1) is 19.8 Å². The Bertz CT molecular complexity index is 709. The first-order chi connectivity index (χ1) is 13.0. The highest BCUT2D eigenvalue weighted by Crippen LogP contribution is 2.33. The van der Waals surface area contributed by atoms with Crippen LogP contribution >= 0.6 is 0 Å². The van der Waals surface area contributed by atoms with E-state index in [-0.39, 0.29) is 23.2 Å².